The first-order chi connectivity index (χ1) is 9.39. The van der Waals surface area contributed by atoms with Crippen molar-refractivity contribution >= 4 is 5.91 Å². The van der Waals surface area contributed by atoms with Crippen molar-refractivity contribution in [3.05, 3.63) is 0 Å². The Bertz CT molecular complexity index is 305. The van der Waals surface area contributed by atoms with Gasteiger partial charge in [0.15, 0.2) is 0 Å². The highest BCUT2D eigenvalue weighted by Gasteiger charge is 2.32. The first kappa shape index (κ1) is 17.4. The van der Waals surface area contributed by atoms with Crippen molar-refractivity contribution in [1.82, 2.24) is 10.2 Å². The lowest BCUT2D eigenvalue weighted by Gasteiger charge is -2.31. The molecule has 1 atom stereocenters. The van der Waals surface area contributed by atoms with E-state index in [0.717, 1.165) is 38.6 Å². The molecule has 0 heterocycles. The van der Waals surface area contributed by atoms with Gasteiger partial charge in [0, 0.05) is 25.7 Å². The number of hydrogen-bond donors (Lipinski definition) is 2. The van der Waals surface area contributed by atoms with E-state index in [1.165, 1.54) is 12.8 Å². The fraction of sp³-hybridized carbons (Fsp3) is 0.933. The highest BCUT2D eigenvalue weighted by atomic mass is 16.5. The zero-order valence-corrected chi connectivity index (χ0v) is 13.4. The van der Waals surface area contributed by atoms with Gasteiger partial charge in [-0.3, -0.25) is 9.69 Å². The quantitative estimate of drug-likeness (QED) is 0.597. The molecule has 3 N–H and O–H groups in total. The van der Waals surface area contributed by atoms with Gasteiger partial charge >= 0.3 is 0 Å². The van der Waals surface area contributed by atoms with E-state index >= 15 is 0 Å². The molecule has 1 unspecified atom stereocenters. The zero-order chi connectivity index (χ0) is 15.2. The second-order valence-electron chi connectivity index (χ2n) is 6.36. The molecular formula is C15H31N3O2. The van der Waals surface area contributed by atoms with Gasteiger partial charge in [0.2, 0.25) is 5.91 Å². The molecule has 0 bridgehead atoms. The van der Waals surface area contributed by atoms with Crippen molar-refractivity contribution in [1.29, 1.82) is 0 Å². The summed E-state index contributed by atoms with van der Waals surface area (Å²) in [6, 6.07) is 0.976. The van der Waals surface area contributed by atoms with Crippen molar-refractivity contribution in [2.75, 3.05) is 26.8 Å². The molecule has 1 amide bonds. The Hall–Kier alpha value is -0.650. The Balaban J connectivity index is 2.40. The summed E-state index contributed by atoms with van der Waals surface area (Å²) < 4.78 is 5.16. The molecule has 1 rings (SSSR count). The number of rotatable bonds is 11. The third-order valence-electron chi connectivity index (χ3n) is 3.92. The Morgan fingerprint density at radius 1 is 1.45 bits per heavy atom. The van der Waals surface area contributed by atoms with Crippen molar-refractivity contribution in [2.45, 2.75) is 64.1 Å². The lowest BCUT2D eigenvalue weighted by Crippen LogP contribution is -2.55. The maximum atomic E-state index is 11.7. The Labute approximate surface area is 123 Å². The zero-order valence-electron chi connectivity index (χ0n) is 13.4. The number of nitrogens with one attached hydrogen (secondary N) is 1. The van der Waals surface area contributed by atoms with Crippen LogP contribution in [0.3, 0.4) is 0 Å². The molecule has 0 aromatic rings. The molecular weight excluding hydrogens is 254 g/mol. The number of primary amides is 1. The van der Waals surface area contributed by atoms with Crippen LogP contribution in [0.2, 0.25) is 0 Å². The maximum Gasteiger partial charge on any atom is 0.237 e. The van der Waals surface area contributed by atoms with Crippen LogP contribution in [0, 0.1) is 0 Å². The third-order valence-corrected chi connectivity index (χ3v) is 3.92. The minimum atomic E-state index is -0.607. The summed E-state index contributed by atoms with van der Waals surface area (Å²) in [5, 5.41) is 3.30. The molecule has 0 spiro atoms. The van der Waals surface area contributed by atoms with E-state index in [-0.39, 0.29) is 11.9 Å². The second-order valence-corrected chi connectivity index (χ2v) is 6.36. The first-order valence-electron chi connectivity index (χ1n) is 7.69. The summed E-state index contributed by atoms with van der Waals surface area (Å²) in [6.07, 6.45) is 4.33. The normalized spacial score (nSPS) is 18.5. The summed E-state index contributed by atoms with van der Waals surface area (Å²) >= 11 is 0. The Morgan fingerprint density at radius 2 is 2.10 bits per heavy atom. The Kier molecular flexibility index (Phi) is 6.92. The lowest BCUT2D eigenvalue weighted by atomic mass is 9.93. The summed E-state index contributed by atoms with van der Waals surface area (Å²) in [7, 11) is 1.74. The van der Waals surface area contributed by atoms with Gasteiger partial charge in [-0.2, -0.15) is 0 Å². The van der Waals surface area contributed by atoms with Crippen LogP contribution >= 0.6 is 0 Å². The number of nitrogens with two attached hydrogens (primary N) is 1. The van der Waals surface area contributed by atoms with Gasteiger partial charge in [-0.1, -0.05) is 0 Å². The fourth-order valence-electron chi connectivity index (χ4n) is 2.66. The molecule has 0 saturated heterocycles. The highest BCUT2D eigenvalue weighted by Crippen LogP contribution is 2.27. The lowest BCUT2D eigenvalue weighted by molar-refractivity contribution is -0.124. The summed E-state index contributed by atoms with van der Waals surface area (Å²) in [5.41, 5.74) is 4.95. The molecule has 20 heavy (non-hydrogen) atoms. The van der Waals surface area contributed by atoms with Gasteiger partial charge in [-0.05, 0) is 53.0 Å². The van der Waals surface area contributed by atoms with E-state index in [0.29, 0.717) is 0 Å². The number of carbonyl (C=O) groups is 1. The van der Waals surface area contributed by atoms with Crippen LogP contribution in [0.25, 0.3) is 0 Å². The summed E-state index contributed by atoms with van der Waals surface area (Å²) in [4.78, 5) is 14.1. The first-order valence-corrected chi connectivity index (χ1v) is 7.69. The van der Waals surface area contributed by atoms with E-state index in [2.05, 4.69) is 10.2 Å². The predicted octanol–water partition coefficient (Wildman–Crippen LogP) is 1.12. The predicted molar refractivity (Wildman–Crippen MR) is 81.6 cm³/mol. The number of ether oxygens (including phenoxy) is 1. The number of amides is 1. The molecule has 1 saturated carbocycles. The van der Waals surface area contributed by atoms with Gasteiger partial charge in [-0.25, -0.2) is 0 Å². The van der Waals surface area contributed by atoms with Crippen LogP contribution in [0.15, 0.2) is 0 Å². The van der Waals surface area contributed by atoms with Crippen molar-refractivity contribution in [2.24, 2.45) is 5.73 Å². The average Bonchev–Trinajstić information content (AvgIpc) is 3.16. The molecule has 1 aliphatic carbocycles. The van der Waals surface area contributed by atoms with E-state index < -0.39 is 5.54 Å². The summed E-state index contributed by atoms with van der Waals surface area (Å²) in [5.74, 6) is -0.263. The van der Waals surface area contributed by atoms with Gasteiger partial charge in [-0.15, -0.1) is 0 Å². The number of hydrogen-bond acceptors (Lipinski definition) is 4. The van der Waals surface area contributed by atoms with Gasteiger partial charge < -0.3 is 15.8 Å². The molecule has 118 valence electrons. The average molecular weight is 285 g/mol. The van der Waals surface area contributed by atoms with Crippen LogP contribution in [-0.4, -0.2) is 55.2 Å². The molecule has 0 aromatic heterocycles. The molecule has 5 heteroatoms. The SMILES string of the molecule is COCCN(CCCC(C)(NC(C)C)C(N)=O)C1CC1. The van der Waals surface area contributed by atoms with Crippen molar-refractivity contribution in [3.63, 3.8) is 0 Å². The molecule has 0 aromatic carbocycles. The van der Waals surface area contributed by atoms with Gasteiger partial charge in [0.25, 0.3) is 0 Å². The molecule has 5 nitrogen and oxygen atoms in total. The maximum absolute atomic E-state index is 11.7. The molecule has 1 aliphatic rings. The smallest absolute Gasteiger partial charge is 0.237 e. The molecule has 0 aliphatic heterocycles. The summed E-state index contributed by atoms with van der Waals surface area (Å²) in [6.45, 7) is 8.75. The monoisotopic (exact) mass is 285 g/mol. The third kappa shape index (κ3) is 5.77. The topological polar surface area (TPSA) is 67.6 Å². The van der Waals surface area contributed by atoms with E-state index in [1.54, 1.807) is 7.11 Å². The van der Waals surface area contributed by atoms with Crippen LogP contribution in [0.4, 0.5) is 0 Å². The van der Waals surface area contributed by atoms with Crippen LogP contribution in [-0.2, 0) is 9.53 Å². The van der Waals surface area contributed by atoms with Gasteiger partial charge in [0.05, 0.1) is 12.1 Å². The largest absolute Gasteiger partial charge is 0.383 e. The van der Waals surface area contributed by atoms with Crippen LogP contribution in [0.1, 0.15) is 46.5 Å². The van der Waals surface area contributed by atoms with E-state index in [9.17, 15) is 4.79 Å². The highest BCUT2D eigenvalue weighted by molar-refractivity contribution is 5.84. The van der Waals surface area contributed by atoms with Crippen LogP contribution < -0.4 is 11.1 Å². The van der Waals surface area contributed by atoms with E-state index in [4.69, 9.17) is 10.5 Å². The molecule has 1 fully saturated rings. The van der Waals surface area contributed by atoms with Crippen molar-refractivity contribution in [3.8, 4) is 0 Å². The second kappa shape index (κ2) is 7.96. The van der Waals surface area contributed by atoms with Crippen LogP contribution in [0.5, 0.6) is 0 Å². The standard InChI is InChI=1S/C15H31N3O2/c1-12(2)17-15(3,14(16)19)8-5-9-18(10-11-20-4)13-6-7-13/h12-13,17H,5-11H2,1-4H3,(H2,16,19). The number of methoxy groups -OCH3 is 1. The van der Waals surface area contributed by atoms with E-state index in [1.807, 2.05) is 20.8 Å². The number of carbonyl (C=O) groups excluding carboxylic acids is 1. The Morgan fingerprint density at radius 3 is 2.55 bits per heavy atom. The fourth-order valence-corrected chi connectivity index (χ4v) is 2.66. The molecule has 0 radical (unpaired) electrons. The van der Waals surface area contributed by atoms with Gasteiger partial charge in [0.1, 0.15) is 0 Å². The van der Waals surface area contributed by atoms with Crippen molar-refractivity contribution < 1.29 is 9.53 Å². The number of nitrogens with zero attached hydrogens (tertiary/aromatic N) is 1. The minimum Gasteiger partial charge on any atom is -0.383 e. The minimum absolute atomic E-state index is 0.250.